The van der Waals surface area contributed by atoms with E-state index in [1.807, 2.05) is 0 Å². The molecule has 3 nitrogen and oxygen atoms in total. The molecule has 0 saturated carbocycles. The number of nitrogens with one attached hydrogen (secondary N) is 2. The van der Waals surface area contributed by atoms with Crippen LogP contribution >= 0.6 is 0 Å². The number of H-pyrrole nitrogens is 1. The molecular formula is C18H25N3. The molecule has 2 aliphatic heterocycles. The van der Waals surface area contributed by atoms with Gasteiger partial charge in [0.15, 0.2) is 0 Å². The summed E-state index contributed by atoms with van der Waals surface area (Å²) in [6, 6.07) is 10.1. The molecule has 2 N–H and O–H groups in total. The van der Waals surface area contributed by atoms with Crippen molar-refractivity contribution < 1.29 is 0 Å². The zero-order valence-corrected chi connectivity index (χ0v) is 12.9. The molecule has 21 heavy (non-hydrogen) atoms. The number of hydrogen-bond donors (Lipinski definition) is 2. The molecule has 0 spiro atoms. The third-order valence-corrected chi connectivity index (χ3v) is 5.23. The maximum absolute atomic E-state index is 3.73. The Labute approximate surface area is 126 Å². The number of aromatic nitrogens is 1. The topological polar surface area (TPSA) is 31.1 Å². The van der Waals surface area contributed by atoms with E-state index in [1.54, 1.807) is 5.56 Å². The van der Waals surface area contributed by atoms with Crippen molar-refractivity contribution in [3.8, 4) is 0 Å². The van der Waals surface area contributed by atoms with Gasteiger partial charge in [-0.3, -0.25) is 4.90 Å². The predicted octanol–water partition coefficient (Wildman–Crippen LogP) is 3.23. The summed E-state index contributed by atoms with van der Waals surface area (Å²) < 4.78 is 0. The highest BCUT2D eigenvalue weighted by Crippen LogP contribution is 2.39. The highest BCUT2D eigenvalue weighted by Gasteiger charge is 2.35. The fourth-order valence-electron chi connectivity index (χ4n) is 4.15. The van der Waals surface area contributed by atoms with Gasteiger partial charge in [-0.25, -0.2) is 0 Å². The minimum atomic E-state index is 0.587. The Morgan fingerprint density at radius 2 is 2.19 bits per heavy atom. The Morgan fingerprint density at radius 3 is 3.10 bits per heavy atom. The van der Waals surface area contributed by atoms with Crippen molar-refractivity contribution in [1.82, 2.24) is 15.2 Å². The van der Waals surface area contributed by atoms with Crippen LogP contribution in [0.25, 0.3) is 10.9 Å². The van der Waals surface area contributed by atoms with E-state index in [2.05, 4.69) is 46.4 Å². The van der Waals surface area contributed by atoms with Gasteiger partial charge in [0.2, 0.25) is 0 Å². The first-order chi connectivity index (χ1) is 10.4. The molecule has 3 heteroatoms. The Balaban J connectivity index is 1.65. The Hall–Kier alpha value is -1.32. The van der Waals surface area contributed by atoms with E-state index in [0.29, 0.717) is 12.1 Å². The summed E-state index contributed by atoms with van der Waals surface area (Å²) in [4.78, 5) is 6.40. The molecule has 1 aromatic carbocycles. The fraction of sp³-hybridized carbons (Fsp3) is 0.556. The number of aromatic amines is 1. The number of fused-ring (bicyclic) bond motifs is 5. The van der Waals surface area contributed by atoms with E-state index in [1.165, 1.54) is 55.4 Å². The summed E-state index contributed by atoms with van der Waals surface area (Å²) in [6.45, 7) is 5.86. The molecule has 0 bridgehead atoms. The van der Waals surface area contributed by atoms with Crippen molar-refractivity contribution in [3.63, 3.8) is 0 Å². The molecule has 4 rings (SSSR count). The Kier molecular flexibility index (Phi) is 3.48. The molecule has 2 atom stereocenters. The van der Waals surface area contributed by atoms with Crippen LogP contribution in [0.3, 0.4) is 0 Å². The summed E-state index contributed by atoms with van der Waals surface area (Å²) in [5.41, 5.74) is 4.38. The minimum Gasteiger partial charge on any atom is -0.357 e. The van der Waals surface area contributed by atoms with Crippen LogP contribution in [0.5, 0.6) is 0 Å². The number of para-hydroxylation sites is 1. The number of benzene rings is 1. The molecule has 1 saturated heterocycles. The number of nitrogens with zero attached hydrogens (tertiary/aromatic N) is 1. The highest BCUT2D eigenvalue weighted by molar-refractivity contribution is 5.85. The number of rotatable bonds is 3. The Morgan fingerprint density at radius 1 is 1.29 bits per heavy atom. The van der Waals surface area contributed by atoms with Crippen LogP contribution < -0.4 is 5.32 Å². The SMILES string of the molecule is CCCN[C@H]1CCN2CCc3c([nH]c4ccccc34)[C@H]2C1. The quantitative estimate of drug-likeness (QED) is 0.906. The predicted molar refractivity (Wildman–Crippen MR) is 87.6 cm³/mol. The molecule has 1 aromatic heterocycles. The monoisotopic (exact) mass is 283 g/mol. The molecule has 2 aliphatic rings. The molecule has 0 unspecified atom stereocenters. The lowest BCUT2D eigenvalue weighted by Gasteiger charge is -2.42. The van der Waals surface area contributed by atoms with Gasteiger partial charge in [-0.15, -0.1) is 0 Å². The maximum Gasteiger partial charge on any atom is 0.0516 e. The zero-order chi connectivity index (χ0) is 14.2. The van der Waals surface area contributed by atoms with Crippen LogP contribution in [0.2, 0.25) is 0 Å². The first-order valence-electron chi connectivity index (χ1n) is 8.43. The van der Waals surface area contributed by atoms with Crippen molar-refractivity contribution >= 4 is 10.9 Å². The first-order valence-corrected chi connectivity index (χ1v) is 8.43. The fourth-order valence-corrected chi connectivity index (χ4v) is 4.15. The van der Waals surface area contributed by atoms with E-state index in [0.717, 1.165) is 6.54 Å². The van der Waals surface area contributed by atoms with E-state index >= 15 is 0 Å². The average molecular weight is 283 g/mol. The van der Waals surface area contributed by atoms with Crippen molar-refractivity contribution in [2.45, 2.75) is 44.7 Å². The van der Waals surface area contributed by atoms with Gasteiger partial charge in [-0.2, -0.15) is 0 Å². The van der Waals surface area contributed by atoms with Crippen LogP contribution in [-0.2, 0) is 6.42 Å². The maximum atomic E-state index is 3.73. The lowest BCUT2D eigenvalue weighted by molar-refractivity contribution is 0.113. The van der Waals surface area contributed by atoms with Gasteiger partial charge in [-0.05, 0) is 43.9 Å². The van der Waals surface area contributed by atoms with Crippen LogP contribution in [0.4, 0.5) is 0 Å². The van der Waals surface area contributed by atoms with Crippen LogP contribution in [0.15, 0.2) is 24.3 Å². The van der Waals surface area contributed by atoms with Crippen molar-refractivity contribution in [2.75, 3.05) is 19.6 Å². The van der Waals surface area contributed by atoms with Gasteiger partial charge in [0.1, 0.15) is 0 Å². The molecule has 0 aliphatic carbocycles. The lowest BCUT2D eigenvalue weighted by Crippen LogP contribution is -2.47. The summed E-state index contributed by atoms with van der Waals surface area (Å²) >= 11 is 0. The van der Waals surface area contributed by atoms with Gasteiger partial charge < -0.3 is 10.3 Å². The van der Waals surface area contributed by atoms with Gasteiger partial charge in [0, 0.05) is 35.7 Å². The smallest absolute Gasteiger partial charge is 0.0516 e. The molecule has 0 amide bonds. The van der Waals surface area contributed by atoms with Gasteiger partial charge in [-0.1, -0.05) is 25.1 Å². The molecule has 2 aromatic rings. The van der Waals surface area contributed by atoms with E-state index < -0.39 is 0 Å². The van der Waals surface area contributed by atoms with Crippen molar-refractivity contribution in [3.05, 3.63) is 35.5 Å². The van der Waals surface area contributed by atoms with E-state index in [-0.39, 0.29) is 0 Å². The largest absolute Gasteiger partial charge is 0.357 e. The normalized spacial score (nSPS) is 25.8. The van der Waals surface area contributed by atoms with Gasteiger partial charge in [0.25, 0.3) is 0 Å². The van der Waals surface area contributed by atoms with E-state index in [9.17, 15) is 0 Å². The van der Waals surface area contributed by atoms with Crippen molar-refractivity contribution in [2.24, 2.45) is 0 Å². The number of piperidine rings is 1. The molecule has 0 radical (unpaired) electrons. The second-order valence-corrected chi connectivity index (χ2v) is 6.54. The first kappa shape index (κ1) is 13.4. The van der Waals surface area contributed by atoms with E-state index in [4.69, 9.17) is 0 Å². The van der Waals surface area contributed by atoms with Gasteiger partial charge >= 0.3 is 0 Å². The third kappa shape index (κ3) is 2.29. The molecule has 1 fully saturated rings. The average Bonchev–Trinajstić information content (AvgIpc) is 2.92. The lowest BCUT2D eigenvalue weighted by atomic mass is 9.88. The van der Waals surface area contributed by atoms with Crippen LogP contribution in [0.1, 0.15) is 43.5 Å². The zero-order valence-electron chi connectivity index (χ0n) is 12.9. The summed E-state index contributed by atoms with van der Waals surface area (Å²) in [5, 5.41) is 5.17. The molecule has 3 heterocycles. The summed E-state index contributed by atoms with van der Waals surface area (Å²) in [5.74, 6) is 0. The summed E-state index contributed by atoms with van der Waals surface area (Å²) in [7, 11) is 0. The molecular weight excluding hydrogens is 258 g/mol. The summed E-state index contributed by atoms with van der Waals surface area (Å²) in [6.07, 6.45) is 4.97. The van der Waals surface area contributed by atoms with Gasteiger partial charge in [0.05, 0.1) is 6.04 Å². The Bertz CT molecular complexity index is 630. The van der Waals surface area contributed by atoms with Crippen molar-refractivity contribution in [1.29, 1.82) is 0 Å². The van der Waals surface area contributed by atoms with Crippen LogP contribution in [0, 0.1) is 0 Å². The van der Waals surface area contributed by atoms with Crippen LogP contribution in [-0.4, -0.2) is 35.6 Å². The number of hydrogen-bond acceptors (Lipinski definition) is 2. The second kappa shape index (κ2) is 5.47. The second-order valence-electron chi connectivity index (χ2n) is 6.54. The third-order valence-electron chi connectivity index (χ3n) is 5.23. The minimum absolute atomic E-state index is 0.587. The molecule has 112 valence electrons. The highest BCUT2D eigenvalue weighted by atomic mass is 15.2. The standard InChI is InChI=1S/C18H25N3/c1-2-9-19-13-7-10-21-11-8-15-14-5-3-4-6-16(14)20-18(15)17(21)12-13/h3-6,13,17,19-20H,2,7-12H2,1H3/t13-,17+/m0/s1.